The van der Waals surface area contributed by atoms with Crippen molar-refractivity contribution in [3.63, 3.8) is 0 Å². The van der Waals surface area contributed by atoms with Crippen molar-refractivity contribution in [3.8, 4) is 0 Å². The molecule has 6 aliphatic rings. The third-order valence-corrected chi connectivity index (χ3v) is 11.6. The maximum Gasteiger partial charge on any atom is 0.187 e. The lowest BCUT2D eigenvalue weighted by Gasteiger charge is -2.49. The molecule has 29 heteroatoms. The van der Waals surface area contributed by atoms with Crippen LogP contribution in [0.25, 0.3) is 0 Å². The number of ether oxygens (including phenoxy) is 11. The van der Waals surface area contributed by atoms with Gasteiger partial charge in [0.05, 0.1) is 39.6 Å². The molecule has 0 aromatic rings. The first kappa shape index (κ1) is 51.2. The van der Waals surface area contributed by atoms with Gasteiger partial charge in [-0.3, -0.25) is 0 Å². The van der Waals surface area contributed by atoms with Gasteiger partial charge in [-0.1, -0.05) is 0 Å². The van der Waals surface area contributed by atoms with Gasteiger partial charge in [0.2, 0.25) is 0 Å². The maximum absolute atomic E-state index is 11.5. The predicted molar refractivity (Wildman–Crippen MR) is 187 cm³/mol. The van der Waals surface area contributed by atoms with Crippen molar-refractivity contribution in [2.24, 2.45) is 0 Å². The summed E-state index contributed by atoms with van der Waals surface area (Å²) in [5.74, 6) is 0. The summed E-state index contributed by atoms with van der Waals surface area (Å²) in [5, 5.41) is 188. The Kier molecular flexibility index (Phi) is 17.8. The fraction of sp³-hybridized carbons (Fsp3) is 1.00. The Morgan fingerprint density at radius 1 is 0.333 bits per heavy atom. The van der Waals surface area contributed by atoms with Crippen LogP contribution in [0.2, 0.25) is 0 Å². The van der Waals surface area contributed by atoms with Crippen LogP contribution in [0, 0.1) is 0 Å². The van der Waals surface area contributed by atoms with Gasteiger partial charge in [0.1, 0.15) is 134 Å². The number of aliphatic hydroxyl groups is 18. The second kappa shape index (κ2) is 21.9. The van der Waals surface area contributed by atoms with Crippen LogP contribution in [0.5, 0.6) is 0 Å². The van der Waals surface area contributed by atoms with E-state index in [2.05, 4.69) is 0 Å². The number of aliphatic hydroxyl groups excluding tert-OH is 18. The van der Waals surface area contributed by atoms with Crippen molar-refractivity contribution in [1.29, 1.82) is 0 Å². The normalized spacial score (nSPS) is 53.6. The second-order valence-corrected chi connectivity index (χ2v) is 15.9. The molecule has 368 valence electrons. The average molecular weight is 931 g/mol. The molecule has 0 unspecified atom stereocenters. The van der Waals surface area contributed by atoms with E-state index < -0.39 is 212 Å². The molecule has 28 atom stereocenters. The minimum atomic E-state index is -2.20. The van der Waals surface area contributed by atoms with Crippen molar-refractivity contribution in [3.05, 3.63) is 0 Å². The summed E-state index contributed by atoms with van der Waals surface area (Å²) in [5.41, 5.74) is 0. The fourth-order valence-corrected chi connectivity index (χ4v) is 7.75. The Morgan fingerprint density at radius 3 is 1.14 bits per heavy atom. The van der Waals surface area contributed by atoms with E-state index in [-0.39, 0.29) is 0 Å². The van der Waals surface area contributed by atoms with E-state index >= 15 is 0 Å². The van der Waals surface area contributed by atoms with Gasteiger partial charge in [-0.15, -0.1) is 0 Å². The number of rotatable bonds is 14. The van der Waals surface area contributed by atoms with Gasteiger partial charge in [0.25, 0.3) is 0 Å². The standard InChI is InChI=1S/C34H58O29/c35-1-9-26(17(43)20(46)29(52)57-9)61-33-24(50)18(44)27(10(2-36)58-33)62-34-25(51)19(45)28(12(60-34)6-56-31-22(48)14(40)8(38)4-54-31)63-32-23(49)16(42)15(41)11(59-32)5-55-30-21(47)13(39)7(37)3-53-30/h7-52H,1-6H2/t7-,8-,9-,10-,11-,12-,13+,14+,15-,16+,17-,18-,19-,20-,21-,22-,23-,24-,25-,26-,27-,28-,29-,30-,31-,32+,33+,34+/m1/s1. The van der Waals surface area contributed by atoms with Crippen LogP contribution in [0.4, 0.5) is 0 Å². The Bertz CT molecular complexity index is 1400. The fourth-order valence-electron chi connectivity index (χ4n) is 7.75. The third kappa shape index (κ3) is 10.9. The van der Waals surface area contributed by atoms with Gasteiger partial charge in [0, 0.05) is 0 Å². The molecule has 0 radical (unpaired) electrons. The predicted octanol–water partition coefficient (Wildman–Crippen LogP) is -12.8. The van der Waals surface area contributed by atoms with Crippen LogP contribution < -0.4 is 0 Å². The monoisotopic (exact) mass is 930 g/mol. The van der Waals surface area contributed by atoms with Gasteiger partial charge < -0.3 is 144 Å². The SMILES string of the molecule is OC[C@H]1O[C@@H](O)[C@H](O)[C@@H](O)[C@@H]1O[C@@H]1O[C@H](CO)[C@@H](O[C@@H]2O[C@H](CO[C@H]3OC[C@@H](O)[C@H](O)[C@H]3O)[C@@H](O[C@@H]3O[C@H](CO[C@H]4OC[C@@H](O)[C@H](O)[C@H]4O)[C@@H](O)[C@H](O)[C@H]3O)[C@H](O)[C@H]2O)[C@H](O)[C@H]1O. The molecule has 6 saturated heterocycles. The highest BCUT2D eigenvalue weighted by Crippen LogP contribution is 2.35. The molecule has 18 N–H and O–H groups in total. The first-order valence-corrected chi connectivity index (χ1v) is 19.9. The van der Waals surface area contributed by atoms with E-state index in [1.165, 1.54) is 0 Å². The van der Waals surface area contributed by atoms with E-state index in [4.69, 9.17) is 52.1 Å². The number of hydrogen-bond donors (Lipinski definition) is 18. The lowest BCUT2D eigenvalue weighted by Crippen LogP contribution is -2.67. The zero-order valence-corrected chi connectivity index (χ0v) is 32.9. The Hall–Kier alpha value is -1.16. The Balaban J connectivity index is 1.17. The highest BCUT2D eigenvalue weighted by atomic mass is 16.8. The van der Waals surface area contributed by atoms with Crippen molar-refractivity contribution >= 4 is 0 Å². The molecule has 0 aromatic heterocycles. The molecule has 6 aliphatic heterocycles. The van der Waals surface area contributed by atoms with Crippen LogP contribution in [0.1, 0.15) is 0 Å². The second-order valence-electron chi connectivity index (χ2n) is 15.9. The van der Waals surface area contributed by atoms with Crippen molar-refractivity contribution in [2.75, 3.05) is 39.6 Å². The topological polar surface area (TPSA) is 466 Å². The molecule has 63 heavy (non-hydrogen) atoms. The molecule has 6 fully saturated rings. The summed E-state index contributed by atoms with van der Waals surface area (Å²) in [4.78, 5) is 0. The summed E-state index contributed by atoms with van der Waals surface area (Å²) in [6.07, 6.45) is -51.5. The summed E-state index contributed by atoms with van der Waals surface area (Å²) in [6.45, 7) is -4.33. The van der Waals surface area contributed by atoms with Crippen LogP contribution >= 0.6 is 0 Å². The summed E-state index contributed by atoms with van der Waals surface area (Å²) >= 11 is 0. The zero-order chi connectivity index (χ0) is 46.2. The average Bonchev–Trinajstić information content (AvgIpc) is 3.26. The molecular weight excluding hydrogens is 872 g/mol. The van der Waals surface area contributed by atoms with Crippen LogP contribution in [0.15, 0.2) is 0 Å². The van der Waals surface area contributed by atoms with E-state index in [1.54, 1.807) is 0 Å². The minimum Gasteiger partial charge on any atom is -0.394 e. The molecule has 0 amide bonds. The maximum atomic E-state index is 11.5. The van der Waals surface area contributed by atoms with E-state index in [0.717, 1.165) is 0 Å². The molecular formula is C34H58O29. The van der Waals surface area contributed by atoms with Crippen LogP contribution in [-0.2, 0) is 52.1 Å². The summed E-state index contributed by atoms with van der Waals surface area (Å²) in [6, 6.07) is 0. The van der Waals surface area contributed by atoms with Crippen molar-refractivity contribution in [1.82, 2.24) is 0 Å². The molecule has 0 aliphatic carbocycles. The molecule has 0 spiro atoms. The lowest BCUT2D eigenvalue weighted by atomic mass is 9.95. The van der Waals surface area contributed by atoms with Crippen molar-refractivity contribution in [2.45, 2.75) is 172 Å². The molecule has 6 rings (SSSR count). The van der Waals surface area contributed by atoms with Crippen LogP contribution in [0.3, 0.4) is 0 Å². The third-order valence-electron chi connectivity index (χ3n) is 11.6. The molecule has 29 nitrogen and oxygen atoms in total. The zero-order valence-electron chi connectivity index (χ0n) is 32.9. The Labute approximate surface area is 355 Å². The number of hydrogen-bond acceptors (Lipinski definition) is 29. The van der Waals surface area contributed by atoms with Gasteiger partial charge >= 0.3 is 0 Å². The first-order chi connectivity index (χ1) is 29.8. The highest BCUT2D eigenvalue weighted by molar-refractivity contribution is 4.98. The molecule has 6 heterocycles. The van der Waals surface area contributed by atoms with E-state index in [1.807, 2.05) is 0 Å². The first-order valence-electron chi connectivity index (χ1n) is 19.9. The highest BCUT2D eigenvalue weighted by Gasteiger charge is 2.56. The van der Waals surface area contributed by atoms with E-state index in [0.29, 0.717) is 0 Å². The summed E-state index contributed by atoms with van der Waals surface area (Å²) in [7, 11) is 0. The quantitative estimate of drug-likeness (QED) is 0.0769. The largest absolute Gasteiger partial charge is 0.394 e. The molecule has 0 saturated carbocycles. The lowest BCUT2D eigenvalue weighted by molar-refractivity contribution is -0.391. The summed E-state index contributed by atoms with van der Waals surface area (Å²) < 4.78 is 60.6. The molecule has 0 bridgehead atoms. The van der Waals surface area contributed by atoms with Gasteiger partial charge in [-0.05, 0) is 0 Å². The van der Waals surface area contributed by atoms with Gasteiger partial charge in [0.15, 0.2) is 37.7 Å². The smallest absolute Gasteiger partial charge is 0.187 e. The van der Waals surface area contributed by atoms with Gasteiger partial charge in [-0.25, -0.2) is 0 Å². The van der Waals surface area contributed by atoms with Crippen LogP contribution in [-0.4, -0.2) is 304 Å². The van der Waals surface area contributed by atoms with Gasteiger partial charge in [-0.2, -0.15) is 0 Å². The minimum absolute atomic E-state index is 0.448. The van der Waals surface area contributed by atoms with E-state index in [9.17, 15) is 91.9 Å². The Morgan fingerprint density at radius 2 is 0.683 bits per heavy atom. The van der Waals surface area contributed by atoms with Crippen molar-refractivity contribution < 1.29 is 144 Å². The molecule has 0 aromatic carbocycles.